The summed E-state index contributed by atoms with van der Waals surface area (Å²) < 4.78 is 26.0. The van der Waals surface area contributed by atoms with Gasteiger partial charge in [-0.15, -0.1) is 0 Å². The quantitative estimate of drug-likeness (QED) is 0.176. The van der Waals surface area contributed by atoms with Crippen LogP contribution in [0.4, 0.5) is 33.2 Å². The van der Waals surface area contributed by atoms with E-state index in [1.54, 1.807) is 50.4 Å². The first-order valence-electron chi connectivity index (χ1n) is 13.3. The van der Waals surface area contributed by atoms with Crippen LogP contribution in [0.2, 0.25) is 5.02 Å². The number of halogens is 2. The van der Waals surface area contributed by atoms with Gasteiger partial charge in [-0.05, 0) is 68.6 Å². The standard InChI is InChI=1S/C31H30ClFN6O2/c1-19(22-7-4-5-8-25(22)33)41-27-10-6-9-26(29(27)34-2)38-30-24(32)18-36-31(39-30)37-21-11-12-23(28(17-21)40-3)20-13-15-35-16-14-20/h4-12,17-20,35H,13-16H2,1,3H3,(H2,36,37,38,39)/t19-/m0/s1. The molecule has 0 radical (unpaired) electrons. The topological polar surface area (TPSA) is 84.7 Å². The summed E-state index contributed by atoms with van der Waals surface area (Å²) in [5, 5.41) is 10.0. The molecule has 210 valence electrons. The average molecular weight is 573 g/mol. The van der Waals surface area contributed by atoms with Gasteiger partial charge in [0.05, 0.1) is 19.9 Å². The predicted octanol–water partition coefficient (Wildman–Crippen LogP) is 7.92. The van der Waals surface area contributed by atoms with Crippen LogP contribution in [0.5, 0.6) is 11.5 Å². The first-order valence-corrected chi connectivity index (χ1v) is 13.7. The largest absolute Gasteiger partial charge is 0.497 e. The van der Waals surface area contributed by atoms with Gasteiger partial charge < -0.3 is 25.4 Å². The van der Waals surface area contributed by atoms with Crippen molar-refractivity contribution in [1.29, 1.82) is 0 Å². The highest BCUT2D eigenvalue weighted by Gasteiger charge is 2.20. The Balaban J connectivity index is 1.36. The number of piperidine rings is 1. The zero-order valence-corrected chi connectivity index (χ0v) is 23.5. The second-order valence-corrected chi connectivity index (χ2v) is 10.1. The highest BCUT2D eigenvalue weighted by molar-refractivity contribution is 6.33. The molecule has 1 saturated heterocycles. The van der Waals surface area contributed by atoms with Gasteiger partial charge >= 0.3 is 0 Å². The monoisotopic (exact) mass is 572 g/mol. The van der Waals surface area contributed by atoms with Crippen LogP contribution in [-0.4, -0.2) is 30.2 Å². The van der Waals surface area contributed by atoms with Crippen LogP contribution < -0.4 is 25.4 Å². The summed E-state index contributed by atoms with van der Waals surface area (Å²) >= 11 is 6.43. The lowest BCUT2D eigenvalue weighted by molar-refractivity contribution is 0.223. The van der Waals surface area contributed by atoms with Gasteiger partial charge in [0.25, 0.3) is 5.69 Å². The van der Waals surface area contributed by atoms with E-state index in [9.17, 15) is 4.39 Å². The number of nitrogens with zero attached hydrogens (tertiary/aromatic N) is 3. The fourth-order valence-corrected chi connectivity index (χ4v) is 5.06. The third-order valence-electron chi connectivity index (χ3n) is 7.02. The molecule has 0 amide bonds. The molecule has 0 aliphatic carbocycles. The van der Waals surface area contributed by atoms with Crippen molar-refractivity contribution >= 4 is 40.4 Å². The lowest BCUT2D eigenvalue weighted by Crippen LogP contribution is -2.26. The molecule has 41 heavy (non-hydrogen) atoms. The zero-order chi connectivity index (χ0) is 28.8. The van der Waals surface area contributed by atoms with Gasteiger partial charge in [-0.2, -0.15) is 4.98 Å². The fourth-order valence-electron chi connectivity index (χ4n) is 4.92. The van der Waals surface area contributed by atoms with Gasteiger partial charge in [-0.25, -0.2) is 14.2 Å². The number of rotatable bonds is 9. The molecule has 0 unspecified atom stereocenters. The predicted molar refractivity (Wildman–Crippen MR) is 160 cm³/mol. The van der Waals surface area contributed by atoms with Gasteiger partial charge in [0.2, 0.25) is 5.95 Å². The summed E-state index contributed by atoms with van der Waals surface area (Å²) in [6, 6.07) is 17.6. The van der Waals surface area contributed by atoms with Gasteiger partial charge in [-0.1, -0.05) is 41.9 Å². The van der Waals surface area contributed by atoms with E-state index in [-0.39, 0.29) is 16.5 Å². The van der Waals surface area contributed by atoms with Gasteiger partial charge in [0.1, 0.15) is 28.4 Å². The lowest BCUT2D eigenvalue weighted by Gasteiger charge is -2.25. The van der Waals surface area contributed by atoms with Crippen molar-refractivity contribution in [2.45, 2.75) is 31.8 Å². The van der Waals surface area contributed by atoms with Crippen LogP contribution in [0.15, 0.2) is 66.9 Å². The number of anilines is 4. The van der Waals surface area contributed by atoms with Crippen LogP contribution in [0.1, 0.15) is 42.9 Å². The van der Waals surface area contributed by atoms with Crippen molar-refractivity contribution in [3.05, 3.63) is 100 Å². The Labute approximate surface area is 243 Å². The number of aromatic nitrogens is 2. The van der Waals surface area contributed by atoms with Crippen LogP contribution >= 0.6 is 11.6 Å². The van der Waals surface area contributed by atoms with Crippen molar-refractivity contribution in [3.63, 3.8) is 0 Å². The number of benzene rings is 3. The van der Waals surface area contributed by atoms with Crippen LogP contribution in [0.3, 0.4) is 0 Å². The highest BCUT2D eigenvalue weighted by Crippen LogP contribution is 2.40. The Morgan fingerprint density at radius 1 is 1.07 bits per heavy atom. The van der Waals surface area contributed by atoms with E-state index in [0.717, 1.165) is 37.4 Å². The number of ether oxygens (including phenoxy) is 2. The molecule has 1 atom stereocenters. The molecule has 1 fully saturated rings. The minimum absolute atomic E-state index is 0.220. The van der Waals surface area contributed by atoms with Gasteiger partial charge in [-0.3, -0.25) is 0 Å². The highest BCUT2D eigenvalue weighted by atomic mass is 35.5. The van der Waals surface area contributed by atoms with Crippen molar-refractivity contribution in [3.8, 4) is 11.5 Å². The summed E-state index contributed by atoms with van der Waals surface area (Å²) in [5.41, 5.74) is 3.02. The average Bonchev–Trinajstić information content (AvgIpc) is 2.99. The van der Waals surface area contributed by atoms with Crippen LogP contribution in [-0.2, 0) is 0 Å². The third kappa shape index (κ3) is 6.51. The number of nitrogens with one attached hydrogen (secondary N) is 3. The van der Waals surface area contributed by atoms with Crippen molar-refractivity contribution < 1.29 is 13.9 Å². The van der Waals surface area contributed by atoms with Crippen molar-refractivity contribution in [2.24, 2.45) is 0 Å². The number of para-hydroxylation sites is 1. The molecule has 1 aliphatic heterocycles. The molecule has 4 aromatic rings. The molecule has 2 heterocycles. The minimum Gasteiger partial charge on any atom is -0.497 e. The first-order chi connectivity index (χ1) is 20.0. The molecule has 3 N–H and O–H groups in total. The normalized spacial score (nSPS) is 14.1. The smallest absolute Gasteiger partial charge is 0.250 e. The number of hydrogen-bond acceptors (Lipinski definition) is 7. The summed E-state index contributed by atoms with van der Waals surface area (Å²) in [7, 11) is 1.67. The van der Waals surface area contributed by atoms with E-state index in [1.807, 2.05) is 12.1 Å². The van der Waals surface area contributed by atoms with Crippen molar-refractivity contribution in [2.75, 3.05) is 30.8 Å². The molecule has 8 nitrogen and oxygen atoms in total. The Morgan fingerprint density at radius 2 is 1.88 bits per heavy atom. The second-order valence-electron chi connectivity index (χ2n) is 9.67. The van der Waals surface area contributed by atoms with Crippen LogP contribution in [0, 0.1) is 12.4 Å². The first kappa shape index (κ1) is 28.1. The molecular formula is C31H30ClFN6O2. The second kappa shape index (κ2) is 12.9. The Hall–Kier alpha value is -4.39. The lowest BCUT2D eigenvalue weighted by atomic mass is 9.89. The van der Waals surface area contributed by atoms with Gasteiger partial charge in [0, 0.05) is 23.0 Å². The van der Waals surface area contributed by atoms with Crippen LogP contribution in [0.25, 0.3) is 4.85 Å². The number of hydrogen-bond donors (Lipinski definition) is 3. The molecule has 1 aliphatic rings. The summed E-state index contributed by atoms with van der Waals surface area (Å²) in [6.45, 7) is 11.5. The van der Waals surface area contributed by atoms with E-state index < -0.39 is 6.10 Å². The van der Waals surface area contributed by atoms with Gasteiger partial charge in [0.15, 0.2) is 5.82 Å². The Kier molecular flexibility index (Phi) is 8.82. The summed E-state index contributed by atoms with van der Waals surface area (Å²) in [5.74, 6) is 1.84. The van der Waals surface area contributed by atoms with E-state index in [1.165, 1.54) is 17.8 Å². The van der Waals surface area contributed by atoms with Crippen molar-refractivity contribution in [1.82, 2.24) is 15.3 Å². The summed E-state index contributed by atoms with van der Waals surface area (Å²) in [6.07, 6.45) is 3.01. The Morgan fingerprint density at radius 3 is 2.63 bits per heavy atom. The molecule has 0 saturated carbocycles. The molecule has 1 aromatic heterocycles. The SMILES string of the molecule is [C-]#[N+]c1c(Nc2nc(Nc3ccc(C4CCNCC4)c(OC)c3)ncc2Cl)cccc1O[C@@H](C)c1ccccc1F. The minimum atomic E-state index is -0.608. The molecular weight excluding hydrogens is 543 g/mol. The Bertz CT molecular complexity index is 1570. The molecule has 10 heteroatoms. The maximum atomic E-state index is 14.3. The molecule has 0 spiro atoms. The molecule has 5 rings (SSSR count). The van der Waals surface area contributed by atoms with E-state index >= 15 is 0 Å². The fraction of sp³-hybridized carbons (Fsp3) is 0.258. The molecule has 0 bridgehead atoms. The zero-order valence-electron chi connectivity index (χ0n) is 22.7. The van der Waals surface area contributed by atoms with E-state index in [2.05, 4.69) is 36.8 Å². The summed E-state index contributed by atoms with van der Waals surface area (Å²) in [4.78, 5) is 12.5. The van der Waals surface area contributed by atoms with E-state index in [4.69, 9.17) is 27.6 Å². The maximum absolute atomic E-state index is 14.3. The number of methoxy groups -OCH3 is 1. The van der Waals surface area contributed by atoms with E-state index in [0.29, 0.717) is 34.7 Å². The maximum Gasteiger partial charge on any atom is 0.250 e. The third-order valence-corrected chi connectivity index (χ3v) is 7.30. The molecule has 3 aromatic carbocycles.